The van der Waals surface area contributed by atoms with Gasteiger partial charge in [0.1, 0.15) is 16.5 Å². The van der Waals surface area contributed by atoms with Gasteiger partial charge in [0.15, 0.2) is 5.78 Å². The number of thiazole rings is 1. The van der Waals surface area contributed by atoms with Crippen LogP contribution in [0.25, 0.3) is 10.6 Å². The fourth-order valence-corrected chi connectivity index (χ4v) is 3.15. The summed E-state index contributed by atoms with van der Waals surface area (Å²) < 4.78 is 10.4. The second-order valence-electron chi connectivity index (χ2n) is 5.60. The van der Waals surface area contributed by atoms with Crippen molar-refractivity contribution in [3.8, 4) is 22.1 Å². The van der Waals surface area contributed by atoms with E-state index in [0.29, 0.717) is 17.0 Å². The normalized spacial score (nSPS) is 10.4. The molecule has 1 aromatic heterocycles. The van der Waals surface area contributed by atoms with E-state index < -0.39 is 5.97 Å². The number of hydrogen-bond acceptors (Lipinski definition) is 6. The summed E-state index contributed by atoms with van der Waals surface area (Å²) in [6.07, 6.45) is 0.0844. The highest BCUT2D eigenvalue weighted by atomic mass is 32.1. The van der Waals surface area contributed by atoms with Crippen molar-refractivity contribution in [1.29, 1.82) is 0 Å². The van der Waals surface area contributed by atoms with Gasteiger partial charge in [-0.25, -0.2) is 4.98 Å². The van der Waals surface area contributed by atoms with E-state index in [0.717, 1.165) is 16.3 Å². The molecule has 132 valence electrons. The number of aromatic nitrogens is 1. The molecule has 0 radical (unpaired) electrons. The molecule has 0 atom stereocenters. The van der Waals surface area contributed by atoms with E-state index in [-0.39, 0.29) is 12.2 Å². The van der Waals surface area contributed by atoms with E-state index in [4.69, 9.17) is 9.47 Å². The Balaban J connectivity index is 1.62. The van der Waals surface area contributed by atoms with Crippen LogP contribution in [0.2, 0.25) is 0 Å². The average Bonchev–Trinajstić information content (AvgIpc) is 3.10. The Morgan fingerprint density at radius 1 is 1.00 bits per heavy atom. The number of hydrogen-bond donors (Lipinski definition) is 0. The number of nitrogens with zero attached hydrogens (tertiary/aromatic N) is 1. The molecule has 3 rings (SSSR count). The Labute approximate surface area is 155 Å². The molecule has 2 aromatic carbocycles. The predicted octanol–water partition coefficient (Wildman–Crippen LogP) is 4.17. The highest BCUT2D eigenvalue weighted by Gasteiger charge is 2.11. The van der Waals surface area contributed by atoms with E-state index >= 15 is 0 Å². The van der Waals surface area contributed by atoms with Gasteiger partial charge in [-0.3, -0.25) is 9.59 Å². The maximum Gasteiger partial charge on any atom is 0.317 e. The van der Waals surface area contributed by atoms with Gasteiger partial charge in [-0.15, -0.1) is 11.3 Å². The van der Waals surface area contributed by atoms with Crippen LogP contribution >= 0.6 is 11.3 Å². The van der Waals surface area contributed by atoms with Gasteiger partial charge in [0, 0.05) is 16.5 Å². The average molecular weight is 367 g/mol. The fraction of sp³-hybridized carbons (Fsp3) is 0.150. The maximum absolute atomic E-state index is 12.1. The topological polar surface area (TPSA) is 65.5 Å². The Hall–Kier alpha value is -2.99. The zero-order valence-corrected chi connectivity index (χ0v) is 15.2. The number of rotatable bonds is 6. The standard InChI is InChI=1S/C20H17NO4S/c1-13(22)14-3-9-18(10-4-14)25-19(23)11-16-12-26-20(21-16)15-5-7-17(24-2)8-6-15/h3-10,12H,11H2,1-2H3. The van der Waals surface area contributed by atoms with Crippen molar-refractivity contribution < 1.29 is 19.1 Å². The van der Waals surface area contributed by atoms with Crippen molar-refractivity contribution in [2.24, 2.45) is 0 Å². The van der Waals surface area contributed by atoms with Crippen LogP contribution in [0.5, 0.6) is 11.5 Å². The van der Waals surface area contributed by atoms with Crippen molar-refractivity contribution in [1.82, 2.24) is 4.98 Å². The molecule has 0 fully saturated rings. The molecule has 0 aliphatic carbocycles. The van der Waals surface area contributed by atoms with Gasteiger partial charge in [0.25, 0.3) is 0 Å². The molecule has 1 heterocycles. The lowest BCUT2D eigenvalue weighted by molar-refractivity contribution is -0.133. The van der Waals surface area contributed by atoms with Crippen LogP contribution in [0.15, 0.2) is 53.9 Å². The Morgan fingerprint density at radius 3 is 2.27 bits per heavy atom. The molecule has 0 saturated heterocycles. The van der Waals surface area contributed by atoms with Crippen molar-refractivity contribution in [3.63, 3.8) is 0 Å². The zero-order chi connectivity index (χ0) is 18.5. The molecule has 0 unspecified atom stereocenters. The molecular formula is C20H17NO4S. The van der Waals surface area contributed by atoms with Crippen LogP contribution in [-0.4, -0.2) is 23.8 Å². The van der Waals surface area contributed by atoms with Crippen LogP contribution in [0.1, 0.15) is 23.0 Å². The summed E-state index contributed by atoms with van der Waals surface area (Å²) in [5.41, 5.74) is 2.20. The molecule has 0 aliphatic rings. The number of methoxy groups -OCH3 is 1. The van der Waals surface area contributed by atoms with Gasteiger partial charge in [-0.2, -0.15) is 0 Å². The number of Topliss-reactive ketones (excluding diaryl/α,β-unsaturated/α-hetero) is 1. The second kappa shape index (κ2) is 7.93. The molecule has 0 N–H and O–H groups in total. The van der Waals surface area contributed by atoms with Crippen molar-refractivity contribution in [2.75, 3.05) is 7.11 Å². The van der Waals surface area contributed by atoms with Gasteiger partial charge >= 0.3 is 5.97 Å². The summed E-state index contributed by atoms with van der Waals surface area (Å²) in [6.45, 7) is 1.49. The van der Waals surface area contributed by atoms with Crippen LogP contribution in [0, 0.1) is 0 Å². The van der Waals surface area contributed by atoms with Crippen molar-refractivity contribution in [2.45, 2.75) is 13.3 Å². The number of carbonyl (C=O) groups excluding carboxylic acids is 2. The quantitative estimate of drug-likeness (QED) is 0.372. The molecule has 6 heteroatoms. The molecule has 0 spiro atoms. The van der Waals surface area contributed by atoms with Gasteiger partial charge in [0.2, 0.25) is 0 Å². The van der Waals surface area contributed by atoms with Gasteiger partial charge in [0.05, 0.1) is 19.2 Å². The number of esters is 1. The van der Waals surface area contributed by atoms with Gasteiger partial charge in [-0.05, 0) is 55.5 Å². The molecule has 0 saturated carbocycles. The molecule has 5 nitrogen and oxygen atoms in total. The molecule has 26 heavy (non-hydrogen) atoms. The Morgan fingerprint density at radius 2 is 1.65 bits per heavy atom. The van der Waals surface area contributed by atoms with Crippen molar-refractivity contribution in [3.05, 3.63) is 65.2 Å². The van der Waals surface area contributed by atoms with E-state index in [9.17, 15) is 9.59 Å². The summed E-state index contributed by atoms with van der Waals surface area (Å²) >= 11 is 1.47. The summed E-state index contributed by atoms with van der Waals surface area (Å²) in [6, 6.07) is 14.1. The minimum Gasteiger partial charge on any atom is -0.497 e. The lowest BCUT2D eigenvalue weighted by Crippen LogP contribution is -2.11. The smallest absolute Gasteiger partial charge is 0.317 e. The lowest BCUT2D eigenvalue weighted by atomic mass is 10.1. The SMILES string of the molecule is COc1ccc(-c2nc(CC(=O)Oc3ccc(C(C)=O)cc3)cs2)cc1. The molecule has 3 aromatic rings. The van der Waals surface area contributed by atoms with Crippen molar-refractivity contribution >= 4 is 23.1 Å². The number of carbonyl (C=O) groups is 2. The Bertz CT molecular complexity index is 914. The predicted molar refractivity (Wildman–Crippen MR) is 99.9 cm³/mol. The van der Waals surface area contributed by atoms with E-state index in [1.54, 1.807) is 31.4 Å². The van der Waals surface area contributed by atoms with E-state index in [1.165, 1.54) is 18.3 Å². The summed E-state index contributed by atoms with van der Waals surface area (Å²) in [4.78, 5) is 27.8. The number of ether oxygens (including phenoxy) is 2. The van der Waals surface area contributed by atoms with Crippen LogP contribution in [0.4, 0.5) is 0 Å². The van der Waals surface area contributed by atoms with E-state index in [1.807, 2.05) is 29.6 Å². The first-order valence-corrected chi connectivity index (χ1v) is 8.83. The third-order valence-electron chi connectivity index (χ3n) is 3.71. The maximum atomic E-state index is 12.1. The van der Waals surface area contributed by atoms with Crippen LogP contribution < -0.4 is 9.47 Å². The summed E-state index contributed by atoms with van der Waals surface area (Å²) in [7, 11) is 1.62. The minimum absolute atomic E-state index is 0.0311. The third kappa shape index (κ3) is 4.34. The largest absolute Gasteiger partial charge is 0.497 e. The zero-order valence-electron chi connectivity index (χ0n) is 14.4. The number of benzene rings is 2. The minimum atomic E-state index is -0.396. The lowest BCUT2D eigenvalue weighted by Gasteiger charge is -2.04. The molecule has 0 amide bonds. The first-order valence-electron chi connectivity index (χ1n) is 7.95. The monoisotopic (exact) mass is 367 g/mol. The Kier molecular flexibility index (Phi) is 5.43. The highest BCUT2D eigenvalue weighted by molar-refractivity contribution is 7.13. The van der Waals surface area contributed by atoms with Gasteiger partial charge < -0.3 is 9.47 Å². The van der Waals surface area contributed by atoms with Crippen LogP contribution in [-0.2, 0) is 11.2 Å². The summed E-state index contributed by atoms with van der Waals surface area (Å²) in [5.74, 6) is 0.763. The number of ketones is 1. The molecular weight excluding hydrogens is 350 g/mol. The molecule has 0 aliphatic heterocycles. The first-order chi connectivity index (χ1) is 12.5. The first kappa shape index (κ1) is 17.8. The van der Waals surface area contributed by atoms with Gasteiger partial charge in [-0.1, -0.05) is 0 Å². The third-order valence-corrected chi connectivity index (χ3v) is 4.65. The summed E-state index contributed by atoms with van der Waals surface area (Å²) in [5, 5.41) is 2.68. The van der Waals surface area contributed by atoms with E-state index in [2.05, 4.69) is 4.98 Å². The fourth-order valence-electron chi connectivity index (χ4n) is 2.33. The highest BCUT2D eigenvalue weighted by Crippen LogP contribution is 2.26. The second-order valence-corrected chi connectivity index (χ2v) is 6.46. The molecule has 0 bridgehead atoms. The van der Waals surface area contributed by atoms with Crippen LogP contribution in [0.3, 0.4) is 0 Å².